The molecule has 1 aliphatic carbocycles. The predicted octanol–water partition coefficient (Wildman–Crippen LogP) is 1.84. The van der Waals surface area contributed by atoms with E-state index >= 15 is 0 Å². The van der Waals surface area contributed by atoms with Gasteiger partial charge in [0.2, 0.25) is 0 Å². The van der Waals surface area contributed by atoms with Crippen LogP contribution in [0.5, 0.6) is 0 Å². The van der Waals surface area contributed by atoms with Crippen molar-refractivity contribution in [1.29, 1.82) is 0 Å². The largest absolute Gasteiger partial charge is 0.382 e. The predicted molar refractivity (Wildman–Crippen MR) is 53.3 cm³/mol. The maximum absolute atomic E-state index is 11.9. The van der Waals surface area contributed by atoms with Crippen LogP contribution >= 0.6 is 0 Å². The maximum atomic E-state index is 11.9. The van der Waals surface area contributed by atoms with Crippen LogP contribution in [0.15, 0.2) is 6.20 Å². The molecule has 0 aromatic carbocycles. The summed E-state index contributed by atoms with van der Waals surface area (Å²) in [5.74, 6) is 0.564. The number of H-pyrrole nitrogens is 1. The summed E-state index contributed by atoms with van der Waals surface area (Å²) in [6.45, 7) is 0. The Morgan fingerprint density at radius 1 is 1.36 bits per heavy atom. The minimum Gasteiger partial charge on any atom is -0.382 e. The van der Waals surface area contributed by atoms with Crippen molar-refractivity contribution in [2.45, 2.75) is 44.1 Å². The zero-order valence-electron chi connectivity index (χ0n) is 8.20. The number of aromatic nitrogens is 2. The van der Waals surface area contributed by atoms with Gasteiger partial charge < -0.3 is 5.73 Å². The molecular formula is C10H16N3O. The van der Waals surface area contributed by atoms with E-state index in [9.17, 15) is 5.11 Å². The fourth-order valence-electron chi connectivity index (χ4n) is 2.24. The van der Waals surface area contributed by atoms with Gasteiger partial charge in [0.1, 0.15) is 5.82 Å². The smallest absolute Gasteiger partial charge is 0.148 e. The standard InChI is InChI=1S/C10H16N3O/c11-10-8(6-12-13-10)7-4-2-1-3-5-9(7)14/h6-7,9H,1-5H2,(H3,11,12,13). The second-order valence-electron chi connectivity index (χ2n) is 4.01. The number of nitrogen functional groups attached to an aromatic ring is 1. The summed E-state index contributed by atoms with van der Waals surface area (Å²) < 4.78 is 0. The van der Waals surface area contributed by atoms with Gasteiger partial charge in [-0.2, -0.15) is 5.10 Å². The first-order chi connectivity index (χ1) is 6.79. The third kappa shape index (κ3) is 1.75. The van der Waals surface area contributed by atoms with Crippen molar-refractivity contribution in [2.75, 3.05) is 5.73 Å². The number of hydrogen-bond acceptors (Lipinski definition) is 2. The first-order valence-corrected chi connectivity index (χ1v) is 5.24. The van der Waals surface area contributed by atoms with Crippen LogP contribution in [-0.4, -0.2) is 16.3 Å². The van der Waals surface area contributed by atoms with E-state index in [-0.39, 0.29) is 5.92 Å². The number of aromatic amines is 1. The van der Waals surface area contributed by atoms with E-state index < -0.39 is 6.10 Å². The number of anilines is 1. The van der Waals surface area contributed by atoms with Gasteiger partial charge in [-0.25, -0.2) is 5.11 Å². The van der Waals surface area contributed by atoms with Gasteiger partial charge in [-0.1, -0.05) is 19.3 Å². The molecule has 2 rings (SSSR count). The summed E-state index contributed by atoms with van der Waals surface area (Å²) in [5.41, 5.74) is 6.63. The first-order valence-electron chi connectivity index (χ1n) is 5.24. The Morgan fingerprint density at radius 2 is 2.14 bits per heavy atom. The molecular weight excluding hydrogens is 178 g/mol. The van der Waals surface area contributed by atoms with E-state index in [1.807, 2.05) is 0 Å². The molecule has 0 spiro atoms. The van der Waals surface area contributed by atoms with Crippen molar-refractivity contribution < 1.29 is 5.11 Å². The van der Waals surface area contributed by atoms with Gasteiger partial charge in [0.15, 0.2) is 0 Å². The van der Waals surface area contributed by atoms with Crippen molar-refractivity contribution in [3.05, 3.63) is 11.8 Å². The molecule has 1 aromatic rings. The fourth-order valence-corrected chi connectivity index (χ4v) is 2.24. The average Bonchev–Trinajstić information content (AvgIpc) is 2.46. The molecule has 2 atom stereocenters. The molecule has 1 fully saturated rings. The number of nitrogens with one attached hydrogen (secondary N) is 1. The molecule has 0 aliphatic heterocycles. The third-order valence-corrected chi connectivity index (χ3v) is 3.05. The summed E-state index contributed by atoms with van der Waals surface area (Å²) in [7, 11) is 0. The minimum atomic E-state index is -0.502. The van der Waals surface area contributed by atoms with Crippen LogP contribution in [0.1, 0.15) is 43.6 Å². The minimum absolute atomic E-state index is 0.0660. The molecule has 2 unspecified atom stereocenters. The lowest BCUT2D eigenvalue weighted by Crippen LogP contribution is -2.16. The molecule has 14 heavy (non-hydrogen) atoms. The quantitative estimate of drug-likeness (QED) is 0.669. The molecule has 3 N–H and O–H groups in total. The third-order valence-electron chi connectivity index (χ3n) is 3.05. The van der Waals surface area contributed by atoms with Gasteiger partial charge in [0, 0.05) is 17.7 Å². The fraction of sp³-hybridized carbons (Fsp3) is 0.700. The Balaban J connectivity index is 2.19. The van der Waals surface area contributed by atoms with Crippen LogP contribution in [0.25, 0.3) is 0 Å². The highest BCUT2D eigenvalue weighted by molar-refractivity contribution is 5.40. The molecule has 77 valence electrons. The summed E-state index contributed by atoms with van der Waals surface area (Å²) >= 11 is 0. The highest BCUT2D eigenvalue weighted by Crippen LogP contribution is 2.34. The summed E-state index contributed by atoms with van der Waals surface area (Å²) in [6.07, 6.45) is 6.37. The maximum Gasteiger partial charge on any atom is 0.148 e. The Labute approximate surface area is 83.5 Å². The lowest BCUT2D eigenvalue weighted by molar-refractivity contribution is 0.0585. The van der Waals surface area contributed by atoms with Gasteiger partial charge in [0.05, 0.1) is 6.10 Å². The molecule has 0 amide bonds. The van der Waals surface area contributed by atoms with Crippen LogP contribution in [0.2, 0.25) is 0 Å². The van der Waals surface area contributed by atoms with Crippen LogP contribution in [0.3, 0.4) is 0 Å². The molecule has 1 radical (unpaired) electrons. The van der Waals surface area contributed by atoms with Crippen molar-refractivity contribution in [3.8, 4) is 0 Å². The van der Waals surface area contributed by atoms with Gasteiger partial charge in [0.25, 0.3) is 0 Å². The van der Waals surface area contributed by atoms with E-state index in [1.165, 1.54) is 6.42 Å². The second-order valence-corrected chi connectivity index (χ2v) is 4.01. The van der Waals surface area contributed by atoms with Gasteiger partial charge in [-0.15, -0.1) is 0 Å². The van der Waals surface area contributed by atoms with Crippen molar-refractivity contribution in [3.63, 3.8) is 0 Å². The molecule has 1 saturated carbocycles. The lowest BCUT2D eigenvalue weighted by Gasteiger charge is -2.17. The van der Waals surface area contributed by atoms with Gasteiger partial charge in [-0.05, 0) is 12.8 Å². The Bertz CT molecular complexity index is 297. The molecule has 0 bridgehead atoms. The van der Waals surface area contributed by atoms with Crippen molar-refractivity contribution in [2.24, 2.45) is 0 Å². The second kappa shape index (κ2) is 4.00. The molecule has 1 heterocycles. The SMILES string of the molecule is Nc1n[nH]cc1C1CCCCCC1[O]. The van der Waals surface area contributed by atoms with E-state index in [4.69, 9.17) is 5.73 Å². The van der Waals surface area contributed by atoms with Gasteiger partial charge >= 0.3 is 0 Å². The number of rotatable bonds is 1. The van der Waals surface area contributed by atoms with Crippen molar-refractivity contribution >= 4 is 5.82 Å². The topological polar surface area (TPSA) is 74.6 Å². The average molecular weight is 194 g/mol. The zero-order valence-corrected chi connectivity index (χ0v) is 8.20. The normalized spacial score (nSPS) is 28.6. The monoisotopic (exact) mass is 194 g/mol. The van der Waals surface area contributed by atoms with Crippen LogP contribution in [0.4, 0.5) is 5.82 Å². The van der Waals surface area contributed by atoms with Crippen LogP contribution < -0.4 is 5.73 Å². The molecule has 0 saturated heterocycles. The Hall–Kier alpha value is -1.03. The Kier molecular flexibility index (Phi) is 2.72. The number of nitrogens with two attached hydrogens (primary N) is 1. The first kappa shape index (κ1) is 9.52. The van der Waals surface area contributed by atoms with E-state index in [1.54, 1.807) is 6.20 Å². The number of nitrogens with zero attached hydrogens (tertiary/aromatic N) is 1. The summed E-state index contributed by atoms with van der Waals surface area (Å²) in [4.78, 5) is 0. The summed E-state index contributed by atoms with van der Waals surface area (Å²) in [6, 6.07) is 0. The molecule has 4 heteroatoms. The van der Waals surface area contributed by atoms with E-state index in [0.29, 0.717) is 5.82 Å². The number of hydrogen-bond donors (Lipinski definition) is 2. The van der Waals surface area contributed by atoms with E-state index in [2.05, 4.69) is 10.2 Å². The van der Waals surface area contributed by atoms with E-state index in [0.717, 1.165) is 31.2 Å². The molecule has 1 aromatic heterocycles. The Morgan fingerprint density at radius 3 is 2.86 bits per heavy atom. The molecule has 4 nitrogen and oxygen atoms in total. The van der Waals surface area contributed by atoms with Crippen molar-refractivity contribution in [1.82, 2.24) is 10.2 Å². The highest BCUT2D eigenvalue weighted by atomic mass is 16.3. The highest BCUT2D eigenvalue weighted by Gasteiger charge is 2.26. The molecule has 1 aliphatic rings. The summed E-state index contributed by atoms with van der Waals surface area (Å²) in [5, 5.41) is 18.4. The zero-order chi connectivity index (χ0) is 9.97. The van der Waals surface area contributed by atoms with Crippen LogP contribution in [-0.2, 0) is 5.11 Å². The van der Waals surface area contributed by atoms with Crippen LogP contribution in [0, 0.1) is 0 Å². The lowest BCUT2D eigenvalue weighted by atomic mass is 9.91. The van der Waals surface area contributed by atoms with Gasteiger partial charge in [-0.3, -0.25) is 5.10 Å².